The number of benzene rings is 1. The van der Waals surface area contributed by atoms with Crippen molar-refractivity contribution >= 4 is 23.9 Å². The van der Waals surface area contributed by atoms with Gasteiger partial charge in [0.05, 0.1) is 13.2 Å². The van der Waals surface area contributed by atoms with Crippen LogP contribution in [-0.2, 0) is 25.7 Å². The van der Waals surface area contributed by atoms with Crippen molar-refractivity contribution in [2.24, 2.45) is 11.7 Å². The molecule has 0 saturated carbocycles. The predicted octanol–water partition coefficient (Wildman–Crippen LogP) is 1.76. The van der Waals surface area contributed by atoms with Crippen LogP contribution in [0.25, 0.3) is 0 Å². The van der Waals surface area contributed by atoms with Crippen molar-refractivity contribution in [2.45, 2.75) is 78.4 Å². The molecule has 1 rings (SSSR count). The van der Waals surface area contributed by atoms with Crippen LogP contribution in [0.15, 0.2) is 30.3 Å². The van der Waals surface area contributed by atoms with Crippen LogP contribution in [0, 0.1) is 5.92 Å². The number of carbonyl (C=O) groups is 4. The number of nitrogens with two attached hydrogens (primary N) is 1. The molecule has 0 radical (unpaired) electrons. The van der Waals surface area contributed by atoms with Gasteiger partial charge in [0.1, 0.15) is 23.9 Å². The van der Waals surface area contributed by atoms with E-state index in [1.165, 1.54) is 6.92 Å². The van der Waals surface area contributed by atoms with E-state index in [-0.39, 0.29) is 19.1 Å². The number of amides is 5. The summed E-state index contributed by atoms with van der Waals surface area (Å²) in [6, 6.07) is 6.74. The number of hydrogen-bond donors (Lipinski definition) is 5. The summed E-state index contributed by atoms with van der Waals surface area (Å²) in [5, 5.41) is 10.3. The van der Waals surface area contributed by atoms with E-state index in [1.807, 2.05) is 44.2 Å². The molecule has 0 aliphatic rings. The number of hydrogen-bond acceptors (Lipinski definition) is 6. The molecule has 1 aromatic carbocycles. The molecule has 3 atom stereocenters. The van der Waals surface area contributed by atoms with Crippen molar-refractivity contribution in [1.82, 2.24) is 21.3 Å². The molecule has 11 nitrogen and oxygen atoms in total. The van der Waals surface area contributed by atoms with Gasteiger partial charge in [0, 0.05) is 0 Å². The van der Waals surface area contributed by atoms with Gasteiger partial charge in [-0.15, -0.1) is 0 Å². The molecule has 0 bridgehead atoms. The summed E-state index contributed by atoms with van der Waals surface area (Å²) in [5.74, 6) is -1.15. The summed E-state index contributed by atoms with van der Waals surface area (Å²) >= 11 is 0. The average molecular weight is 494 g/mol. The van der Waals surface area contributed by atoms with E-state index in [1.54, 1.807) is 20.8 Å². The first-order valence-electron chi connectivity index (χ1n) is 11.5. The lowest BCUT2D eigenvalue weighted by Gasteiger charge is -2.27. The second kappa shape index (κ2) is 14.1. The Bertz CT molecular complexity index is 841. The van der Waals surface area contributed by atoms with Crippen LogP contribution in [0.4, 0.5) is 9.59 Å². The molecule has 0 aliphatic carbocycles. The standard InChI is InChI=1S/C24H39N5O6/c1-15(2)12-19(29-22(32)26-16(3)20(25)30)28-21(31)18(27-23(33)35-24(4,5)6)14-34-13-17-10-8-7-9-11-17/h7-11,15-16,18-19H,12-14H2,1-6H3,(H2,25,30)(H,27,33)(H,28,31)(H2,26,29,32)/t16-,18-,19+/m0/s1. The lowest BCUT2D eigenvalue weighted by Crippen LogP contribution is -2.58. The minimum absolute atomic E-state index is 0.112. The number of alkyl carbamates (subject to hydrolysis) is 1. The maximum absolute atomic E-state index is 13.1. The molecule has 0 heterocycles. The fourth-order valence-electron chi connectivity index (χ4n) is 2.87. The molecule has 0 fully saturated rings. The maximum Gasteiger partial charge on any atom is 0.408 e. The van der Waals surface area contributed by atoms with Crippen molar-refractivity contribution in [3.63, 3.8) is 0 Å². The zero-order valence-electron chi connectivity index (χ0n) is 21.3. The van der Waals surface area contributed by atoms with Crippen LogP contribution in [0.2, 0.25) is 0 Å². The Balaban J connectivity index is 2.88. The fraction of sp³-hybridized carbons (Fsp3) is 0.583. The first kappa shape index (κ1) is 29.7. The zero-order chi connectivity index (χ0) is 26.6. The third-order valence-electron chi connectivity index (χ3n) is 4.51. The van der Waals surface area contributed by atoms with Crippen molar-refractivity contribution < 1.29 is 28.7 Å². The first-order chi connectivity index (χ1) is 16.3. The molecule has 0 saturated heterocycles. The molecule has 1 aromatic rings. The van der Waals surface area contributed by atoms with E-state index in [0.29, 0.717) is 6.42 Å². The number of carbonyl (C=O) groups excluding carboxylic acids is 4. The predicted molar refractivity (Wildman–Crippen MR) is 131 cm³/mol. The Hall–Kier alpha value is -3.34. The lowest BCUT2D eigenvalue weighted by atomic mass is 10.1. The van der Waals surface area contributed by atoms with Gasteiger partial charge in [0.25, 0.3) is 0 Å². The summed E-state index contributed by atoms with van der Waals surface area (Å²) in [6.45, 7) is 10.5. The van der Waals surface area contributed by atoms with Gasteiger partial charge in [-0.05, 0) is 45.6 Å². The maximum atomic E-state index is 13.1. The van der Waals surface area contributed by atoms with E-state index >= 15 is 0 Å². The quantitative estimate of drug-likeness (QED) is 0.279. The van der Waals surface area contributed by atoms with Crippen molar-refractivity contribution in [3.05, 3.63) is 35.9 Å². The average Bonchev–Trinajstić information content (AvgIpc) is 2.71. The van der Waals surface area contributed by atoms with Crippen molar-refractivity contribution in [2.75, 3.05) is 6.61 Å². The Morgan fingerprint density at radius 2 is 1.57 bits per heavy atom. The Morgan fingerprint density at radius 3 is 2.11 bits per heavy atom. The van der Waals surface area contributed by atoms with E-state index < -0.39 is 47.8 Å². The summed E-state index contributed by atoms with van der Waals surface area (Å²) in [7, 11) is 0. The Labute approximate surface area is 206 Å². The third kappa shape index (κ3) is 13.2. The van der Waals surface area contributed by atoms with E-state index in [0.717, 1.165) is 5.56 Å². The highest BCUT2D eigenvalue weighted by molar-refractivity contribution is 5.87. The van der Waals surface area contributed by atoms with E-state index in [9.17, 15) is 19.2 Å². The van der Waals surface area contributed by atoms with Gasteiger partial charge in [0.15, 0.2) is 0 Å². The van der Waals surface area contributed by atoms with Gasteiger partial charge in [-0.2, -0.15) is 0 Å². The van der Waals surface area contributed by atoms with Gasteiger partial charge in [-0.1, -0.05) is 44.2 Å². The highest BCUT2D eigenvalue weighted by Crippen LogP contribution is 2.08. The monoisotopic (exact) mass is 493 g/mol. The molecule has 0 aromatic heterocycles. The number of nitrogens with one attached hydrogen (secondary N) is 4. The second-order valence-corrected chi connectivity index (χ2v) is 9.63. The molecule has 35 heavy (non-hydrogen) atoms. The molecule has 0 unspecified atom stereocenters. The molecular weight excluding hydrogens is 454 g/mol. The second-order valence-electron chi connectivity index (χ2n) is 9.63. The third-order valence-corrected chi connectivity index (χ3v) is 4.51. The van der Waals surface area contributed by atoms with Gasteiger partial charge < -0.3 is 36.5 Å². The van der Waals surface area contributed by atoms with Crippen molar-refractivity contribution in [3.8, 4) is 0 Å². The van der Waals surface area contributed by atoms with Gasteiger partial charge in [-0.25, -0.2) is 9.59 Å². The summed E-state index contributed by atoms with van der Waals surface area (Å²) in [5.41, 5.74) is 5.33. The summed E-state index contributed by atoms with van der Waals surface area (Å²) in [6.07, 6.45) is -1.16. The van der Waals surface area contributed by atoms with Gasteiger partial charge >= 0.3 is 12.1 Å². The highest BCUT2D eigenvalue weighted by Gasteiger charge is 2.27. The number of ether oxygens (including phenoxy) is 2. The lowest BCUT2D eigenvalue weighted by molar-refractivity contribution is -0.126. The van der Waals surface area contributed by atoms with Crippen LogP contribution >= 0.6 is 0 Å². The molecule has 196 valence electrons. The molecule has 5 amide bonds. The number of urea groups is 1. The topological polar surface area (TPSA) is 161 Å². The van der Waals surface area contributed by atoms with E-state index in [2.05, 4.69) is 21.3 Å². The number of rotatable bonds is 12. The van der Waals surface area contributed by atoms with Crippen LogP contribution < -0.4 is 27.0 Å². The molecule has 11 heteroatoms. The van der Waals surface area contributed by atoms with Crippen LogP contribution in [0.5, 0.6) is 0 Å². The molecule has 0 aliphatic heterocycles. The van der Waals surface area contributed by atoms with Crippen LogP contribution in [-0.4, -0.2) is 54.4 Å². The minimum atomic E-state index is -1.09. The van der Waals surface area contributed by atoms with Crippen LogP contribution in [0.3, 0.4) is 0 Å². The zero-order valence-corrected chi connectivity index (χ0v) is 21.3. The molecule has 6 N–H and O–H groups in total. The molecular formula is C24H39N5O6. The smallest absolute Gasteiger partial charge is 0.408 e. The molecule has 0 spiro atoms. The number of primary amides is 1. The SMILES string of the molecule is CC(C)C[C@@H](NC(=O)N[C@@H](C)C(N)=O)NC(=O)[C@H](COCc1ccccc1)NC(=O)OC(C)(C)C. The normalized spacial score (nSPS) is 13.8. The Kier molecular flexibility index (Phi) is 12.0. The minimum Gasteiger partial charge on any atom is -0.444 e. The van der Waals surface area contributed by atoms with Crippen molar-refractivity contribution in [1.29, 1.82) is 0 Å². The summed E-state index contributed by atoms with van der Waals surface area (Å²) in [4.78, 5) is 48.9. The largest absolute Gasteiger partial charge is 0.444 e. The van der Waals surface area contributed by atoms with Gasteiger partial charge in [-0.3, -0.25) is 9.59 Å². The van der Waals surface area contributed by atoms with Gasteiger partial charge in [0.2, 0.25) is 11.8 Å². The first-order valence-corrected chi connectivity index (χ1v) is 11.5. The van der Waals surface area contributed by atoms with Crippen LogP contribution in [0.1, 0.15) is 53.5 Å². The fourth-order valence-corrected chi connectivity index (χ4v) is 2.87. The van der Waals surface area contributed by atoms with E-state index in [4.69, 9.17) is 15.2 Å². The summed E-state index contributed by atoms with van der Waals surface area (Å²) < 4.78 is 10.9. The highest BCUT2D eigenvalue weighted by atomic mass is 16.6. The Morgan fingerprint density at radius 1 is 0.943 bits per heavy atom.